The van der Waals surface area contributed by atoms with E-state index < -0.39 is 11.8 Å². The molecule has 2 aromatic heterocycles. The van der Waals surface area contributed by atoms with Crippen LogP contribution in [-0.4, -0.2) is 32.0 Å². The average molecular weight is 608 g/mol. The van der Waals surface area contributed by atoms with E-state index in [1.807, 2.05) is 44.3 Å². The van der Waals surface area contributed by atoms with Crippen molar-refractivity contribution in [3.63, 3.8) is 0 Å². The second kappa shape index (κ2) is 12.2. The maximum absolute atomic E-state index is 16.2. The van der Waals surface area contributed by atoms with Crippen molar-refractivity contribution in [1.82, 2.24) is 14.3 Å². The summed E-state index contributed by atoms with van der Waals surface area (Å²) in [6, 6.07) is 17.4. The number of nitrogens with zero attached hydrogens (tertiary/aromatic N) is 3. The number of aromatic carboxylic acids is 1. The Morgan fingerprint density at radius 2 is 1.80 bits per heavy atom. The predicted molar refractivity (Wildman–Crippen MR) is 171 cm³/mol. The largest absolute Gasteiger partial charge is 0.493 e. The van der Waals surface area contributed by atoms with Gasteiger partial charge in [0.05, 0.1) is 31.0 Å². The molecule has 0 saturated heterocycles. The van der Waals surface area contributed by atoms with Gasteiger partial charge in [0.15, 0.2) is 0 Å². The van der Waals surface area contributed by atoms with Gasteiger partial charge in [0.25, 0.3) is 0 Å². The van der Waals surface area contributed by atoms with Crippen LogP contribution in [0.1, 0.15) is 75.9 Å². The normalized spacial score (nSPS) is 14.4. The Bertz CT molecular complexity index is 1920. The Hall–Kier alpha value is -4.43. The van der Waals surface area contributed by atoms with E-state index in [0.29, 0.717) is 60.4 Å². The molecule has 0 saturated carbocycles. The maximum atomic E-state index is 16.2. The molecule has 1 N–H and O–H groups in total. The van der Waals surface area contributed by atoms with Gasteiger partial charge in [-0.05, 0) is 91.0 Å². The molecular weight excluding hydrogens is 569 g/mol. The fourth-order valence-electron chi connectivity index (χ4n) is 7.39. The topological polar surface area (TPSA) is 78.5 Å². The third kappa shape index (κ3) is 5.21. The summed E-state index contributed by atoms with van der Waals surface area (Å²) in [6.07, 6.45) is 6.23. The van der Waals surface area contributed by atoms with Crippen molar-refractivity contribution in [3.8, 4) is 16.9 Å². The van der Waals surface area contributed by atoms with Gasteiger partial charge in [-0.15, -0.1) is 0 Å². The standard InChI is InChI=1S/C37H38FN3O4/c1-3-31-34-30(39-40(31)2)22-44-21-25-12-5-4-11-24(25)20-41-35-28(17-18-29(38)33(34)35)27(36(41)37(42)43)15-9-19-45-32-16-8-13-23-10-6-7-14-26(23)32/h4-5,8,11-13,16-18H,3,6-7,9-10,14-15,19-22H2,1-2H3,(H,42,43). The first-order valence-corrected chi connectivity index (χ1v) is 16.0. The number of carboxylic acids is 1. The van der Waals surface area contributed by atoms with Crippen molar-refractivity contribution in [2.45, 2.75) is 71.6 Å². The van der Waals surface area contributed by atoms with E-state index in [1.165, 1.54) is 30.0 Å². The highest BCUT2D eigenvalue weighted by atomic mass is 19.1. The summed E-state index contributed by atoms with van der Waals surface area (Å²) in [5.41, 5.74) is 8.63. The molecule has 45 heavy (non-hydrogen) atoms. The van der Waals surface area contributed by atoms with Crippen LogP contribution >= 0.6 is 0 Å². The number of aryl methyl sites for hydroxylation is 3. The number of aromatic nitrogens is 3. The van der Waals surface area contributed by atoms with Crippen LogP contribution in [0.25, 0.3) is 22.0 Å². The lowest BCUT2D eigenvalue weighted by atomic mass is 9.91. The summed E-state index contributed by atoms with van der Waals surface area (Å²) in [5, 5.41) is 16.2. The minimum Gasteiger partial charge on any atom is -0.493 e. The summed E-state index contributed by atoms with van der Waals surface area (Å²) in [7, 11) is 1.86. The Morgan fingerprint density at radius 1 is 1.00 bits per heavy atom. The molecule has 0 radical (unpaired) electrons. The van der Waals surface area contributed by atoms with E-state index in [-0.39, 0.29) is 18.8 Å². The predicted octanol–water partition coefficient (Wildman–Crippen LogP) is 7.41. The summed E-state index contributed by atoms with van der Waals surface area (Å²) in [5.74, 6) is -0.503. The van der Waals surface area contributed by atoms with E-state index in [1.54, 1.807) is 15.3 Å². The number of rotatable bonds is 7. The molecule has 1 aliphatic heterocycles. The maximum Gasteiger partial charge on any atom is 0.352 e. The fraction of sp³-hybridized carbons (Fsp3) is 0.351. The van der Waals surface area contributed by atoms with Crippen LogP contribution in [0.3, 0.4) is 0 Å². The zero-order chi connectivity index (χ0) is 31.1. The second-order valence-corrected chi connectivity index (χ2v) is 12.1. The lowest BCUT2D eigenvalue weighted by Gasteiger charge is -2.19. The number of hydrogen-bond acceptors (Lipinski definition) is 4. The van der Waals surface area contributed by atoms with Gasteiger partial charge in [-0.3, -0.25) is 4.68 Å². The Kier molecular flexibility index (Phi) is 7.92. The number of benzene rings is 3. The third-order valence-electron chi connectivity index (χ3n) is 9.43. The first-order chi connectivity index (χ1) is 22.0. The zero-order valence-corrected chi connectivity index (χ0v) is 25.9. The van der Waals surface area contributed by atoms with E-state index in [2.05, 4.69) is 12.1 Å². The van der Waals surface area contributed by atoms with Crippen LogP contribution in [0.5, 0.6) is 5.75 Å². The van der Waals surface area contributed by atoms with E-state index >= 15 is 4.39 Å². The molecule has 7 rings (SSSR count). The van der Waals surface area contributed by atoms with Gasteiger partial charge in [-0.25, -0.2) is 9.18 Å². The lowest BCUT2D eigenvalue weighted by molar-refractivity contribution is 0.0684. The Morgan fingerprint density at radius 3 is 2.62 bits per heavy atom. The van der Waals surface area contributed by atoms with Crippen molar-refractivity contribution >= 4 is 16.9 Å². The van der Waals surface area contributed by atoms with Crippen LogP contribution < -0.4 is 4.74 Å². The number of hydrogen-bond donors (Lipinski definition) is 1. The van der Waals surface area contributed by atoms with Gasteiger partial charge in [-0.1, -0.05) is 43.3 Å². The molecule has 232 valence electrons. The zero-order valence-electron chi connectivity index (χ0n) is 25.9. The van der Waals surface area contributed by atoms with Crippen LogP contribution in [0, 0.1) is 5.82 Å². The van der Waals surface area contributed by atoms with Crippen molar-refractivity contribution in [3.05, 3.63) is 105 Å². The first kappa shape index (κ1) is 29.3. The molecule has 3 heterocycles. The molecule has 0 amide bonds. The number of halogens is 1. The van der Waals surface area contributed by atoms with Crippen LogP contribution in [0.15, 0.2) is 54.6 Å². The molecule has 8 heteroatoms. The number of carbonyl (C=O) groups is 1. The number of fused-ring (bicyclic) bond motifs is 4. The lowest BCUT2D eigenvalue weighted by Crippen LogP contribution is -2.13. The highest BCUT2D eigenvalue weighted by Gasteiger charge is 2.30. The summed E-state index contributed by atoms with van der Waals surface area (Å²) in [6.45, 7) is 3.31. The van der Waals surface area contributed by atoms with E-state index in [0.717, 1.165) is 40.8 Å². The van der Waals surface area contributed by atoms with Gasteiger partial charge in [-0.2, -0.15) is 5.10 Å². The Balaban J connectivity index is 1.36. The highest BCUT2D eigenvalue weighted by Crippen LogP contribution is 2.41. The quantitative estimate of drug-likeness (QED) is 0.195. The molecule has 1 aliphatic carbocycles. The molecular formula is C37H38FN3O4. The van der Waals surface area contributed by atoms with Crippen molar-refractivity contribution in [2.75, 3.05) is 6.61 Å². The molecule has 5 aromatic rings. The third-order valence-corrected chi connectivity index (χ3v) is 9.43. The van der Waals surface area contributed by atoms with E-state index in [9.17, 15) is 9.90 Å². The number of carboxylic acid groups (broad SMARTS) is 1. The first-order valence-electron chi connectivity index (χ1n) is 16.0. The van der Waals surface area contributed by atoms with Crippen molar-refractivity contribution in [2.24, 2.45) is 7.05 Å². The monoisotopic (exact) mass is 607 g/mol. The molecule has 0 fully saturated rings. The smallest absolute Gasteiger partial charge is 0.352 e. The van der Waals surface area contributed by atoms with E-state index in [4.69, 9.17) is 14.6 Å². The molecule has 2 aliphatic rings. The summed E-state index contributed by atoms with van der Waals surface area (Å²) < 4.78 is 32.2. The molecule has 3 aromatic carbocycles. The van der Waals surface area contributed by atoms with Crippen molar-refractivity contribution in [1.29, 1.82) is 0 Å². The second-order valence-electron chi connectivity index (χ2n) is 12.1. The number of ether oxygens (including phenoxy) is 2. The molecule has 0 spiro atoms. The molecule has 7 nitrogen and oxygen atoms in total. The van der Waals surface area contributed by atoms with Crippen molar-refractivity contribution < 1.29 is 23.8 Å². The highest BCUT2D eigenvalue weighted by molar-refractivity contribution is 6.04. The minimum atomic E-state index is -1.03. The average Bonchev–Trinajstić information content (AvgIpc) is 3.52. The summed E-state index contributed by atoms with van der Waals surface area (Å²) in [4.78, 5) is 13.1. The van der Waals surface area contributed by atoms with Gasteiger partial charge in [0.2, 0.25) is 0 Å². The fourth-order valence-corrected chi connectivity index (χ4v) is 7.39. The van der Waals surface area contributed by atoms with Gasteiger partial charge in [0, 0.05) is 35.8 Å². The Labute approximate surface area is 262 Å². The molecule has 0 unspecified atom stereocenters. The van der Waals surface area contributed by atoms with Gasteiger partial charge < -0.3 is 19.1 Å². The van der Waals surface area contributed by atoms with Gasteiger partial charge in [0.1, 0.15) is 17.3 Å². The summed E-state index contributed by atoms with van der Waals surface area (Å²) >= 11 is 0. The van der Waals surface area contributed by atoms with Crippen LogP contribution in [0.2, 0.25) is 0 Å². The van der Waals surface area contributed by atoms with Crippen LogP contribution in [-0.2, 0) is 57.2 Å². The molecule has 0 atom stereocenters. The molecule has 0 bridgehead atoms. The SMILES string of the molecule is CCc1c2c(nn1C)COCc1ccccc1Cn1c(C(=O)O)c(CCCOc3cccc4c3CCCC4)c3ccc(F)c-2c31. The minimum absolute atomic E-state index is 0.187. The van der Waals surface area contributed by atoms with Gasteiger partial charge >= 0.3 is 5.97 Å². The van der Waals surface area contributed by atoms with Crippen LogP contribution in [0.4, 0.5) is 4.39 Å².